The Labute approximate surface area is 172 Å². The SMILES string of the molecule is COc1ccc(OCCCC(=O)N(C)CCCCOc2ccc(Cl)cc2)cc1. The molecule has 28 heavy (non-hydrogen) atoms. The standard InChI is InChI=1S/C22H28ClNO4/c1-24(15-3-4-16-27-20-9-7-18(23)8-10-20)22(25)6-5-17-28-21-13-11-19(26-2)12-14-21/h7-14H,3-6,15-17H2,1-2H3. The van der Waals surface area contributed by atoms with E-state index in [1.165, 1.54) is 0 Å². The number of nitrogens with zero attached hydrogens (tertiary/aromatic N) is 1. The van der Waals surface area contributed by atoms with Gasteiger partial charge in [0.15, 0.2) is 0 Å². The molecule has 2 rings (SSSR count). The van der Waals surface area contributed by atoms with Crippen LogP contribution < -0.4 is 14.2 Å². The number of hydrogen-bond donors (Lipinski definition) is 0. The lowest BCUT2D eigenvalue weighted by molar-refractivity contribution is -0.130. The lowest BCUT2D eigenvalue weighted by Gasteiger charge is -2.17. The summed E-state index contributed by atoms with van der Waals surface area (Å²) in [6.45, 7) is 1.86. The van der Waals surface area contributed by atoms with Crippen LogP contribution in [0.5, 0.6) is 17.2 Å². The minimum absolute atomic E-state index is 0.136. The van der Waals surface area contributed by atoms with Gasteiger partial charge in [-0.3, -0.25) is 4.79 Å². The van der Waals surface area contributed by atoms with Crippen molar-refractivity contribution in [2.24, 2.45) is 0 Å². The molecule has 0 aliphatic rings. The molecule has 0 unspecified atom stereocenters. The molecule has 1 amide bonds. The summed E-state index contributed by atoms with van der Waals surface area (Å²) in [7, 11) is 3.47. The average molecular weight is 406 g/mol. The first-order valence-corrected chi connectivity index (χ1v) is 9.85. The van der Waals surface area contributed by atoms with Gasteiger partial charge in [-0.05, 0) is 67.8 Å². The van der Waals surface area contributed by atoms with Crippen molar-refractivity contribution >= 4 is 17.5 Å². The molecule has 0 aromatic heterocycles. The molecule has 0 fully saturated rings. The predicted octanol–water partition coefficient (Wildman–Crippen LogP) is 4.83. The number of hydrogen-bond acceptors (Lipinski definition) is 4. The largest absolute Gasteiger partial charge is 0.497 e. The van der Waals surface area contributed by atoms with Crippen molar-refractivity contribution in [3.63, 3.8) is 0 Å². The zero-order valence-corrected chi connectivity index (χ0v) is 17.3. The summed E-state index contributed by atoms with van der Waals surface area (Å²) in [4.78, 5) is 13.9. The van der Waals surface area contributed by atoms with Crippen LogP contribution >= 0.6 is 11.6 Å². The second-order valence-corrected chi connectivity index (χ2v) is 6.89. The third-order valence-corrected chi connectivity index (χ3v) is 4.51. The molecule has 0 N–H and O–H groups in total. The fourth-order valence-corrected chi connectivity index (χ4v) is 2.70. The van der Waals surface area contributed by atoms with Gasteiger partial charge in [0.25, 0.3) is 0 Å². The Morgan fingerprint density at radius 2 is 1.39 bits per heavy atom. The molecule has 2 aromatic rings. The van der Waals surface area contributed by atoms with E-state index in [0.717, 1.165) is 36.6 Å². The summed E-state index contributed by atoms with van der Waals surface area (Å²) >= 11 is 5.84. The van der Waals surface area contributed by atoms with Crippen LogP contribution in [0.4, 0.5) is 0 Å². The number of halogens is 1. The Balaban J connectivity index is 1.52. The maximum Gasteiger partial charge on any atom is 0.222 e. The van der Waals surface area contributed by atoms with Crippen LogP contribution in [0.3, 0.4) is 0 Å². The van der Waals surface area contributed by atoms with Crippen molar-refractivity contribution in [3.05, 3.63) is 53.6 Å². The molecule has 5 nitrogen and oxygen atoms in total. The van der Waals surface area contributed by atoms with Crippen molar-refractivity contribution in [1.82, 2.24) is 4.90 Å². The van der Waals surface area contributed by atoms with Gasteiger partial charge in [-0.2, -0.15) is 0 Å². The fraction of sp³-hybridized carbons (Fsp3) is 0.409. The summed E-state index contributed by atoms with van der Waals surface area (Å²) in [5.74, 6) is 2.52. The molecule has 0 saturated carbocycles. The first kappa shape index (κ1) is 21.9. The summed E-state index contributed by atoms with van der Waals surface area (Å²) in [5.41, 5.74) is 0. The van der Waals surface area contributed by atoms with E-state index >= 15 is 0 Å². The number of benzene rings is 2. The Bertz CT molecular complexity index is 703. The molecule has 0 radical (unpaired) electrons. The topological polar surface area (TPSA) is 48.0 Å². The number of ether oxygens (including phenoxy) is 3. The number of methoxy groups -OCH3 is 1. The maximum atomic E-state index is 12.2. The van der Waals surface area contributed by atoms with Crippen molar-refractivity contribution in [2.45, 2.75) is 25.7 Å². The summed E-state index contributed by atoms with van der Waals surface area (Å²) in [5, 5.41) is 0.696. The number of amides is 1. The van der Waals surface area contributed by atoms with Gasteiger partial charge in [0, 0.05) is 25.0 Å². The van der Waals surface area contributed by atoms with Gasteiger partial charge >= 0.3 is 0 Å². The number of carbonyl (C=O) groups is 1. The molecule has 0 spiro atoms. The first-order valence-electron chi connectivity index (χ1n) is 9.47. The molecular weight excluding hydrogens is 378 g/mol. The Morgan fingerprint density at radius 3 is 2.00 bits per heavy atom. The van der Waals surface area contributed by atoms with E-state index in [1.807, 2.05) is 55.6 Å². The van der Waals surface area contributed by atoms with Gasteiger partial charge in [-0.25, -0.2) is 0 Å². The molecule has 0 heterocycles. The Hall–Kier alpha value is -2.40. The highest BCUT2D eigenvalue weighted by Crippen LogP contribution is 2.17. The van der Waals surface area contributed by atoms with Gasteiger partial charge in [0.1, 0.15) is 17.2 Å². The summed E-state index contributed by atoms with van der Waals surface area (Å²) in [6.07, 6.45) is 2.96. The Morgan fingerprint density at radius 1 is 0.857 bits per heavy atom. The second-order valence-electron chi connectivity index (χ2n) is 6.45. The van der Waals surface area contributed by atoms with Crippen LogP contribution in [0.25, 0.3) is 0 Å². The van der Waals surface area contributed by atoms with Crippen molar-refractivity contribution in [3.8, 4) is 17.2 Å². The van der Waals surface area contributed by atoms with E-state index < -0.39 is 0 Å². The van der Waals surface area contributed by atoms with Crippen LogP contribution in [-0.4, -0.2) is 44.7 Å². The third kappa shape index (κ3) is 8.09. The number of carbonyl (C=O) groups excluding carboxylic acids is 1. The third-order valence-electron chi connectivity index (χ3n) is 4.26. The molecule has 0 saturated heterocycles. The fourth-order valence-electron chi connectivity index (χ4n) is 2.57. The van der Waals surface area contributed by atoms with Gasteiger partial charge < -0.3 is 19.1 Å². The molecule has 0 aliphatic carbocycles. The lowest BCUT2D eigenvalue weighted by Crippen LogP contribution is -2.28. The normalized spacial score (nSPS) is 10.4. The molecule has 6 heteroatoms. The van der Waals surface area contributed by atoms with Crippen LogP contribution in [0.1, 0.15) is 25.7 Å². The van der Waals surface area contributed by atoms with E-state index in [-0.39, 0.29) is 5.91 Å². The first-order chi connectivity index (χ1) is 13.6. The highest BCUT2D eigenvalue weighted by Gasteiger charge is 2.08. The Kier molecular flexibility index (Phi) is 9.49. The van der Waals surface area contributed by atoms with Crippen molar-refractivity contribution < 1.29 is 19.0 Å². The van der Waals surface area contributed by atoms with E-state index in [1.54, 1.807) is 12.0 Å². The van der Waals surface area contributed by atoms with Crippen molar-refractivity contribution in [2.75, 3.05) is 33.9 Å². The number of unbranched alkanes of at least 4 members (excludes halogenated alkanes) is 1. The molecule has 0 aliphatic heterocycles. The van der Waals surface area contributed by atoms with E-state index in [0.29, 0.717) is 31.1 Å². The second kappa shape index (κ2) is 12.1. The van der Waals surface area contributed by atoms with Gasteiger partial charge in [-0.15, -0.1) is 0 Å². The summed E-state index contributed by atoms with van der Waals surface area (Å²) in [6, 6.07) is 14.7. The van der Waals surface area contributed by atoms with Crippen LogP contribution in [-0.2, 0) is 4.79 Å². The van der Waals surface area contributed by atoms with Gasteiger partial charge in [0.05, 0.1) is 20.3 Å². The monoisotopic (exact) mass is 405 g/mol. The molecular formula is C22H28ClNO4. The predicted molar refractivity (Wildman–Crippen MR) is 112 cm³/mol. The summed E-state index contributed by atoms with van der Waals surface area (Å²) < 4.78 is 16.4. The minimum atomic E-state index is 0.136. The minimum Gasteiger partial charge on any atom is -0.497 e. The van der Waals surface area contributed by atoms with Crippen LogP contribution in [0.15, 0.2) is 48.5 Å². The van der Waals surface area contributed by atoms with E-state index in [2.05, 4.69) is 0 Å². The lowest BCUT2D eigenvalue weighted by atomic mass is 10.2. The molecule has 152 valence electrons. The highest BCUT2D eigenvalue weighted by atomic mass is 35.5. The quantitative estimate of drug-likeness (QED) is 0.475. The molecule has 0 bridgehead atoms. The molecule has 2 aromatic carbocycles. The van der Waals surface area contributed by atoms with E-state index in [4.69, 9.17) is 25.8 Å². The molecule has 0 atom stereocenters. The average Bonchev–Trinajstić information content (AvgIpc) is 2.72. The zero-order chi connectivity index (χ0) is 20.2. The van der Waals surface area contributed by atoms with Crippen molar-refractivity contribution in [1.29, 1.82) is 0 Å². The highest BCUT2D eigenvalue weighted by molar-refractivity contribution is 6.30. The van der Waals surface area contributed by atoms with Crippen LogP contribution in [0.2, 0.25) is 5.02 Å². The van der Waals surface area contributed by atoms with E-state index in [9.17, 15) is 4.79 Å². The zero-order valence-electron chi connectivity index (χ0n) is 16.5. The van der Waals surface area contributed by atoms with Crippen LogP contribution in [0, 0.1) is 0 Å². The smallest absolute Gasteiger partial charge is 0.222 e. The number of rotatable bonds is 12. The van der Waals surface area contributed by atoms with Gasteiger partial charge in [-0.1, -0.05) is 11.6 Å². The van der Waals surface area contributed by atoms with Gasteiger partial charge in [0.2, 0.25) is 5.91 Å². The maximum absolute atomic E-state index is 12.2.